The minimum Gasteiger partial charge on any atom is -0.363 e. The summed E-state index contributed by atoms with van der Waals surface area (Å²) in [6.07, 6.45) is 4.51. The molecule has 0 radical (unpaired) electrons. The highest BCUT2D eigenvalue weighted by atomic mass is 15.1. The van der Waals surface area contributed by atoms with Crippen molar-refractivity contribution in [2.75, 3.05) is 11.4 Å². The number of benzene rings is 2. The summed E-state index contributed by atoms with van der Waals surface area (Å²) >= 11 is 0. The first kappa shape index (κ1) is 15.9. The van der Waals surface area contributed by atoms with E-state index in [1.165, 1.54) is 27.9 Å². The molecule has 120 valence electrons. The van der Waals surface area contributed by atoms with Gasteiger partial charge in [-0.05, 0) is 40.2 Å². The van der Waals surface area contributed by atoms with Gasteiger partial charge in [0.25, 0.3) is 0 Å². The number of para-hydroxylation sites is 1. The molecule has 23 heavy (non-hydrogen) atoms. The second-order valence-corrected chi connectivity index (χ2v) is 7.07. The highest BCUT2D eigenvalue weighted by Crippen LogP contribution is 2.32. The van der Waals surface area contributed by atoms with Crippen molar-refractivity contribution in [3.05, 3.63) is 70.8 Å². The largest absolute Gasteiger partial charge is 0.363 e. The zero-order valence-electron chi connectivity index (χ0n) is 14.7. The Bertz CT molecular complexity index is 683. The summed E-state index contributed by atoms with van der Waals surface area (Å²) in [6.45, 7) is 11.2. The summed E-state index contributed by atoms with van der Waals surface area (Å²) in [7, 11) is 0. The third-order valence-electron chi connectivity index (χ3n) is 4.74. The van der Waals surface area contributed by atoms with Gasteiger partial charge in [0.1, 0.15) is 0 Å². The van der Waals surface area contributed by atoms with Crippen molar-refractivity contribution in [2.24, 2.45) is 0 Å². The molecule has 0 fully saturated rings. The molecular weight excluding hydrogens is 278 g/mol. The molecule has 1 heteroatoms. The average Bonchev–Trinajstić information content (AvgIpc) is 2.55. The van der Waals surface area contributed by atoms with Crippen molar-refractivity contribution in [1.29, 1.82) is 0 Å². The minimum atomic E-state index is 0.555. The lowest BCUT2D eigenvalue weighted by molar-refractivity contribution is 0.766. The minimum absolute atomic E-state index is 0.555. The van der Waals surface area contributed by atoms with Crippen molar-refractivity contribution in [3.8, 4) is 0 Å². The van der Waals surface area contributed by atoms with Gasteiger partial charge in [-0.1, -0.05) is 76.2 Å². The fourth-order valence-electron chi connectivity index (χ4n) is 3.55. The first-order valence-corrected chi connectivity index (χ1v) is 8.70. The zero-order chi connectivity index (χ0) is 16.4. The maximum atomic E-state index is 2.50. The Hall–Kier alpha value is -2.02. The van der Waals surface area contributed by atoms with E-state index in [0.29, 0.717) is 11.8 Å². The Kier molecular flexibility index (Phi) is 4.56. The highest BCUT2D eigenvalue weighted by molar-refractivity contribution is 5.71. The van der Waals surface area contributed by atoms with Crippen LogP contribution in [0.25, 0.3) is 6.08 Å². The van der Waals surface area contributed by atoms with Gasteiger partial charge < -0.3 is 4.90 Å². The summed E-state index contributed by atoms with van der Waals surface area (Å²) in [4.78, 5) is 2.50. The van der Waals surface area contributed by atoms with Crippen molar-refractivity contribution in [2.45, 2.75) is 46.1 Å². The number of hydrogen-bond donors (Lipinski definition) is 0. The molecule has 0 saturated carbocycles. The van der Waals surface area contributed by atoms with E-state index >= 15 is 0 Å². The standard InChI is InChI=1S/C22H27N/c1-16(2)19-11-7-12-20(17(3)4)21(19)15-23-14-8-10-18-9-5-6-13-22(18)23/h5-13,16-17H,14-15H2,1-4H3. The predicted molar refractivity (Wildman–Crippen MR) is 101 cm³/mol. The third kappa shape index (κ3) is 3.19. The van der Waals surface area contributed by atoms with Crippen molar-refractivity contribution >= 4 is 11.8 Å². The molecule has 2 aromatic carbocycles. The molecule has 1 aliphatic rings. The fraction of sp³-hybridized carbons (Fsp3) is 0.364. The van der Waals surface area contributed by atoms with Gasteiger partial charge in [0, 0.05) is 18.8 Å². The van der Waals surface area contributed by atoms with Gasteiger partial charge in [0.05, 0.1) is 0 Å². The van der Waals surface area contributed by atoms with Crippen LogP contribution >= 0.6 is 0 Å². The molecule has 0 unspecified atom stereocenters. The molecule has 0 atom stereocenters. The lowest BCUT2D eigenvalue weighted by atomic mass is 9.88. The quantitative estimate of drug-likeness (QED) is 0.673. The third-order valence-corrected chi connectivity index (χ3v) is 4.74. The van der Waals surface area contributed by atoms with Gasteiger partial charge in [-0.3, -0.25) is 0 Å². The Morgan fingerprint density at radius 2 is 1.52 bits per heavy atom. The highest BCUT2D eigenvalue weighted by Gasteiger charge is 2.19. The first-order chi connectivity index (χ1) is 11.1. The van der Waals surface area contributed by atoms with Gasteiger partial charge in [-0.15, -0.1) is 0 Å². The van der Waals surface area contributed by atoms with Crippen LogP contribution in [0.2, 0.25) is 0 Å². The van der Waals surface area contributed by atoms with Gasteiger partial charge in [0.2, 0.25) is 0 Å². The van der Waals surface area contributed by atoms with Crippen LogP contribution in [0.1, 0.15) is 61.8 Å². The number of nitrogens with zero attached hydrogens (tertiary/aromatic N) is 1. The molecule has 1 aliphatic heterocycles. The monoisotopic (exact) mass is 305 g/mol. The summed E-state index contributed by atoms with van der Waals surface area (Å²) in [5, 5.41) is 0. The van der Waals surface area contributed by atoms with Crippen molar-refractivity contribution < 1.29 is 0 Å². The molecule has 0 N–H and O–H groups in total. The van der Waals surface area contributed by atoms with Crippen LogP contribution in [0, 0.1) is 0 Å². The Labute approximate surface area is 140 Å². The van der Waals surface area contributed by atoms with Crippen molar-refractivity contribution in [1.82, 2.24) is 0 Å². The lowest BCUT2D eigenvalue weighted by Crippen LogP contribution is -2.27. The molecule has 0 bridgehead atoms. The van der Waals surface area contributed by atoms with Crippen LogP contribution in [-0.4, -0.2) is 6.54 Å². The fourth-order valence-corrected chi connectivity index (χ4v) is 3.55. The summed E-state index contributed by atoms with van der Waals surface area (Å²) < 4.78 is 0. The maximum absolute atomic E-state index is 2.50. The second kappa shape index (κ2) is 6.62. The van der Waals surface area contributed by atoms with Crippen LogP contribution in [-0.2, 0) is 6.54 Å². The van der Waals surface area contributed by atoms with Crippen LogP contribution in [0.15, 0.2) is 48.5 Å². The zero-order valence-corrected chi connectivity index (χ0v) is 14.7. The normalized spacial score (nSPS) is 13.7. The molecule has 0 amide bonds. The van der Waals surface area contributed by atoms with E-state index in [1.807, 2.05) is 0 Å². The lowest BCUT2D eigenvalue weighted by Gasteiger charge is -2.31. The van der Waals surface area contributed by atoms with Gasteiger partial charge in [0.15, 0.2) is 0 Å². The Balaban J connectivity index is 2.02. The van der Waals surface area contributed by atoms with Crippen LogP contribution in [0.5, 0.6) is 0 Å². The van der Waals surface area contributed by atoms with E-state index < -0.39 is 0 Å². The van der Waals surface area contributed by atoms with Crippen LogP contribution in [0.4, 0.5) is 5.69 Å². The number of fused-ring (bicyclic) bond motifs is 1. The average molecular weight is 305 g/mol. The maximum Gasteiger partial charge on any atom is 0.0445 e. The summed E-state index contributed by atoms with van der Waals surface area (Å²) in [5.41, 5.74) is 7.17. The molecule has 2 aromatic rings. The molecular formula is C22H27N. The molecule has 0 aliphatic carbocycles. The molecule has 0 spiro atoms. The van der Waals surface area contributed by atoms with E-state index in [1.54, 1.807) is 0 Å². The van der Waals surface area contributed by atoms with Crippen LogP contribution in [0.3, 0.4) is 0 Å². The molecule has 0 saturated heterocycles. The van der Waals surface area contributed by atoms with E-state index in [-0.39, 0.29) is 0 Å². The van der Waals surface area contributed by atoms with Gasteiger partial charge in [-0.2, -0.15) is 0 Å². The predicted octanol–water partition coefficient (Wildman–Crippen LogP) is 5.97. The second-order valence-electron chi connectivity index (χ2n) is 7.07. The number of rotatable bonds is 4. The summed E-state index contributed by atoms with van der Waals surface area (Å²) in [6, 6.07) is 15.5. The van der Waals surface area contributed by atoms with Crippen molar-refractivity contribution in [3.63, 3.8) is 0 Å². The Morgan fingerprint density at radius 1 is 0.870 bits per heavy atom. The smallest absolute Gasteiger partial charge is 0.0445 e. The van der Waals surface area contributed by atoms with E-state index in [9.17, 15) is 0 Å². The molecule has 0 aromatic heterocycles. The molecule has 3 rings (SSSR count). The first-order valence-electron chi connectivity index (χ1n) is 8.70. The van der Waals surface area contributed by atoms with E-state index in [2.05, 4.69) is 87.2 Å². The summed E-state index contributed by atoms with van der Waals surface area (Å²) in [5.74, 6) is 1.11. The van der Waals surface area contributed by atoms with Gasteiger partial charge >= 0.3 is 0 Å². The van der Waals surface area contributed by atoms with E-state index in [0.717, 1.165) is 13.1 Å². The number of anilines is 1. The van der Waals surface area contributed by atoms with E-state index in [4.69, 9.17) is 0 Å². The van der Waals surface area contributed by atoms with Crippen LogP contribution < -0.4 is 4.90 Å². The number of hydrogen-bond acceptors (Lipinski definition) is 1. The SMILES string of the molecule is CC(C)c1cccc(C(C)C)c1CN1CC=Cc2ccccc21. The molecule has 1 heterocycles. The van der Waals surface area contributed by atoms with Gasteiger partial charge in [-0.25, -0.2) is 0 Å². The topological polar surface area (TPSA) is 3.24 Å². The Morgan fingerprint density at radius 3 is 2.17 bits per heavy atom. The molecule has 1 nitrogen and oxygen atoms in total.